The molecule has 1 aliphatic heterocycles. The van der Waals surface area contributed by atoms with E-state index in [-0.39, 0.29) is 5.92 Å². The largest absolute Gasteiger partial charge is 0.496 e. The van der Waals surface area contributed by atoms with E-state index in [4.69, 9.17) is 9.72 Å². The Bertz CT molecular complexity index is 1180. The number of sulfonamides is 1. The number of fused-ring (bicyclic) bond motifs is 1. The first kappa shape index (κ1) is 20.4. The van der Waals surface area contributed by atoms with Crippen molar-refractivity contribution in [2.75, 3.05) is 20.2 Å². The summed E-state index contributed by atoms with van der Waals surface area (Å²) in [5, 5.41) is 0. The Labute approximate surface area is 176 Å². The third-order valence-corrected chi connectivity index (χ3v) is 8.95. The summed E-state index contributed by atoms with van der Waals surface area (Å²) in [4.78, 5) is 7.59. The van der Waals surface area contributed by atoms with Crippen LogP contribution in [-0.2, 0) is 10.0 Å². The second-order valence-corrected chi connectivity index (χ2v) is 10.9. The molecule has 3 aromatic rings. The van der Waals surface area contributed by atoms with Crippen molar-refractivity contribution in [2.24, 2.45) is 0 Å². The summed E-state index contributed by atoms with van der Waals surface area (Å²) in [6, 6.07) is 5.06. The van der Waals surface area contributed by atoms with E-state index in [1.165, 1.54) is 10.6 Å². The van der Waals surface area contributed by atoms with Crippen LogP contribution in [0.2, 0.25) is 0 Å². The summed E-state index contributed by atoms with van der Waals surface area (Å²) >= 11 is 1.75. The number of hydrogen-bond donors (Lipinski definition) is 0. The molecule has 1 saturated heterocycles. The van der Waals surface area contributed by atoms with Gasteiger partial charge in [-0.3, -0.25) is 4.40 Å². The van der Waals surface area contributed by atoms with E-state index in [0.29, 0.717) is 23.7 Å². The molecule has 8 heteroatoms. The Balaban J connectivity index is 1.67. The van der Waals surface area contributed by atoms with Crippen LogP contribution in [0, 0.1) is 27.7 Å². The van der Waals surface area contributed by atoms with Crippen molar-refractivity contribution in [3.63, 3.8) is 0 Å². The fourth-order valence-corrected chi connectivity index (χ4v) is 7.03. The van der Waals surface area contributed by atoms with E-state index in [0.717, 1.165) is 34.8 Å². The Hall–Kier alpha value is -1.90. The van der Waals surface area contributed by atoms with Gasteiger partial charge in [0.15, 0.2) is 0 Å². The minimum absolute atomic E-state index is 0.110. The molecule has 0 amide bonds. The van der Waals surface area contributed by atoms with Gasteiger partial charge >= 0.3 is 0 Å². The van der Waals surface area contributed by atoms with Crippen LogP contribution in [-0.4, -0.2) is 42.3 Å². The Morgan fingerprint density at radius 2 is 1.97 bits per heavy atom. The third-order valence-electron chi connectivity index (χ3n) is 5.90. The van der Waals surface area contributed by atoms with Crippen LogP contribution < -0.4 is 4.74 Å². The van der Waals surface area contributed by atoms with Gasteiger partial charge in [-0.1, -0.05) is 0 Å². The highest BCUT2D eigenvalue weighted by molar-refractivity contribution is 7.89. The van der Waals surface area contributed by atoms with Gasteiger partial charge < -0.3 is 4.74 Å². The Morgan fingerprint density at radius 1 is 1.21 bits per heavy atom. The average Bonchev–Trinajstić information content (AvgIpc) is 3.18. The Morgan fingerprint density at radius 3 is 2.66 bits per heavy atom. The standard InChI is InChI=1S/C21H27N3O3S2/c1-13-11-18(8-9-19(13)27-5)29(25,26)23-10-6-7-17(12-23)20-21-24(16(4)22-20)14(2)15(3)28-21/h8-9,11,17H,6-7,10,12H2,1-5H3/t17-/m0/s1. The van der Waals surface area contributed by atoms with Crippen molar-refractivity contribution < 1.29 is 13.2 Å². The van der Waals surface area contributed by atoms with Crippen molar-refractivity contribution in [3.05, 3.63) is 45.9 Å². The van der Waals surface area contributed by atoms with Gasteiger partial charge in [0, 0.05) is 29.6 Å². The zero-order chi connectivity index (χ0) is 20.9. The minimum Gasteiger partial charge on any atom is -0.496 e. The molecule has 0 radical (unpaired) electrons. The maximum Gasteiger partial charge on any atom is 0.243 e. The van der Waals surface area contributed by atoms with Gasteiger partial charge in [0.05, 0.1) is 17.7 Å². The van der Waals surface area contributed by atoms with Gasteiger partial charge in [-0.2, -0.15) is 4.31 Å². The lowest BCUT2D eigenvalue weighted by Gasteiger charge is -2.31. The zero-order valence-electron chi connectivity index (χ0n) is 17.5. The number of piperidine rings is 1. The molecule has 0 aliphatic carbocycles. The molecule has 1 atom stereocenters. The second-order valence-electron chi connectivity index (χ2n) is 7.76. The molecule has 6 nitrogen and oxygen atoms in total. The van der Waals surface area contributed by atoms with Crippen LogP contribution in [0.15, 0.2) is 23.1 Å². The van der Waals surface area contributed by atoms with Gasteiger partial charge in [0.1, 0.15) is 16.4 Å². The van der Waals surface area contributed by atoms with Crippen molar-refractivity contribution in [2.45, 2.75) is 51.3 Å². The molecule has 4 rings (SSSR count). The monoisotopic (exact) mass is 433 g/mol. The molecule has 3 heterocycles. The van der Waals surface area contributed by atoms with Crippen LogP contribution >= 0.6 is 11.3 Å². The molecule has 0 unspecified atom stereocenters. The van der Waals surface area contributed by atoms with Crippen LogP contribution in [0.25, 0.3) is 4.83 Å². The minimum atomic E-state index is -3.55. The lowest BCUT2D eigenvalue weighted by atomic mass is 9.97. The van der Waals surface area contributed by atoms with Crippen LogP contribution in [0.4, 0.5) is 0 Å². The molecular formula is C21H27N3O3S2. The van der Waals surface area contributed by atoms with Crippen LogP contribution in [0.1, 0.15) is 46.4 Å². The van der Waals surface area contributed by atoms with Gasteiger partial charge in [-0.05, 0) is 64.3 Å². The van der Waals surface area contributed by atoms with Crippen LogP contribution in [0.5, 0.6) is 5.75 Å². The zero-order valence-corrected chi connectivity index (χ0v) is 19.2. The molecular weight excluding hydrogens is 406 g/mol. The van der Waals surface area contributed by atoms with Gasteiger partial charge in [0.25, 0.3) is 0 Å². The number of aryl methyl sites for hydroxylation is 4. The fraction of sp³-hybridized carbons (Fsp3) is 0.476. The first-order chi connectivity index (χ1) is 13.7. The molecule has 0 N–H and O–H groups in total. The van der Waals surface area contributed by atoms with Gasteiger partial charge in [0.2, 0.25) is 10.0 Å². The summed E-state index contributed by atoms with van der Waals surface area (Å²) in [5.41, 5.74) is 3.07. The van der Waals surface area contributed by atoms with Crippen molar-refractivity contribution >= 4 is 26.2 Å². The van der Waals surface area contributed by atoms with E-state index < -0.39 is 10.0 Å². The maximum absolute atomic E-state index is 13.3. The highest BCUT2D eigenvalue weighted by Gasteiger charge is 2.33. The van der Waals surface area contributed by atoms with Gasteiger partial charge in [-0.15, -0.1) is 11.3 Å². The molecule has 156 valence electrons. The lowest BCUT2D eigenvalue weighted by Crippen LogP contribution is -2.39. The predicted octanol–water partition coefficient (Wildman–Crippen LogP) is 4.21. The topological polar surface area (TPSA) is 63.9 Å². The molecule has 0 saturated carbocycles. The van der Waals surface area contributed by atoms with E-state index in [9.17, 15) is 8.42 Å². The first-order valence-electron chi connectivity index (χ1n) is 9.83. The number of imidazole rings is 1. The number of nitrogens with zero attached hydrogens (tertiary/aromatic N) is 3. The molecule has 29 heavy (non-hydrogen) atoms. The lowest BCUT2D eigenvalue weighted by molar-refractivity contribution is 0.314. The number of thiazole rings is 1. The molecule has 1 aromatic carbocycles. The fourth-order valence-electron chi connectivity index (χ4n) is 4.21. The number of ether oxygens (including phenoxy) is 1. The third kappa shape index (κ3) is 3.37. The number of aromatic nitrogens is 2. The number of rotatable bonds is 4. The highest BCUT2D eigenvalue weighted by atomic mass is 32.2. The number of hydrogen-bond acceptors (Lipinski definition) is 5. The molecule has 1 fully saturated rings. The first-order valence-corrected chi connectivity index (χ1v) is 12.1. The average molecular weight is 434 g/mol. The molecule has 0 spiro atoms. The molecule has 2 aromatic heterocycles. The second kappa shape index (κ2) is 7.41. The number of methoxy groups -OCH3 is 1. The van der Waals surface area contributed by atoms with Gasteiger partial charge in [-0.25, -0.2) is 13.4 Å². The van der Waals surface area contributed by atoms with E-state index in [1.54, 1.807) is 41.0 Å². The quantitative estimate of drug-likeness (QED) is 0.618. The smallest absolute Gasteiger partial charge is 0.243 e. The van der Waals surface area contributed by atoms with Crippen molar-refractivity contribution in [3.8, 4) is 5.75 Å². The summed E-state index contributed by atoms with van der Waals surface area (Å²) in [6.07, 6.45) is 1.79. The van der Waals surface area contributed by atoms with E-state index >= 15 is 0 Å². The van der Waals surface area contributed by atoms with Crippen molar-refractivity contribution in [1.82, 2.24) is 13.7 Å². The predicted molar refractivity (Wildman–Crippen MR) is 116 cm³/mol. The maximum atomic E-state index is 13.3. The summed E-state index contributed by atoms with van der Waals surface area (Å²) in [5.74, 6) is 1.78. The summed E-state index contributed by atoms with van der Waals surface area (Å²) in [6.45, 7) is 9.13. The molecule has 1 aliphatic rings. The summed E-state index contributed by atoms with van der Waals surface area (Å²) in [7, 11) is -1.96. The summed E-state index contributed by atoms with van der Waals surface area (Å²) < 4.78 is 35.7. The van der Waals surface area contributed by atoms with Crippen molar-refractivity contribution in [1.29, 1.82) is 0 Å². The molecule has 0 bridgehead atoms. The van der Waals surface area contributed by atoms with E-state index in [2.05, 4.69) is 18.2 Å². The number of benzene rings is 1. The van der Waals surface area contributed by atoms with E-state index in [1.807, 2.05) is 13.8 Å². The Kier molecular flexibility index (Phi) is 5.21. The SMILES string of the molecule is COc1ccc(S(=O)(=O)N2CCC[C@H](c3nc(C)n4c(C)c(C)sc34)C2)cc1C. The highest BCUT2D eigenvalue weighted by Crippen LogP contribution is 2.36. The normalized spacial score (nSPS) is 18.4. The van der Waals surface area contributed by atoms with Crippen LogP contribution in [0.3, 0.4) is 0 Å².